The highest BCUT2D eigenvalue weighted by Gasteiger charge is 2.15. The van der Waals surface area contributed by atoms with Crippen LogP contribution in [0.1, 0.15) is 28.7 Å². The van der Waals surface area contributed by atoms with Crippen molar-refractivity contribution in [2.45, 2.75) is 32.9 Å². The number of fused-ring (bicyclic) bond motifs is 1. The molecule has 20 heavy (non-hydrogen) atoms. The van der Waals surface area contributed by atoms with Crippen LogP contribution < -0.4 is 5.73 Å². The van der Waals surface area contributed by atoms with Crippen LogP contribution in [0.2, 0.25) is 0 Å². The number of benzene rings is 2. The van der Waals surface area contributed by atoms with Gasteiger partial charge >= 0.3 is 0 Å². The van der Waals surface area contributed by atoms with Gasteiger partial charge in [-0.1, -0.05) is 36.4 Å². The van der Waals surface area contributed by atoms with Crippen molar-refractivity contribution < 1.29 is 0 Å². The third-order valence-corrected chi connectivity index (χ3v) is 4.31. The summed E-state index contributed by atoms with van der Waals surface area (Å²) in [5, 5.41) is 0. The van der Waals surface area contributed by atoms with E-state index in [1.54, 1.807) is 0 Å². The molecule has 0 saturated heterocycles. The van der Waals surface area contributed by atoms with Gasteiger partial charge in [-0.3, -0.25) is 4.90 Å². The van der Waals surface area contributed by atoms with Gasteiger partial charge in [-0.15, -0.1) is 0 Å². The summed E-state index contributed by atoms with van der Waals surface area (Å²) in [5.41, 5.74) is 12.5. The van der Waals surface area contributed by atoms with E-state index in [0.29, 0.717) is 0 Å². The minimum Gasteiger partial charge on any atom is -0.399 e. The molecule has 0 radical (unpaired) electrons. The zero-order valence-corrected chi connectivity index (χ0v) is 12.1. The maximum absolute atomic E-state index is 6.01. The van der Waals surface area contributed by atoms with E-state index in [1.165, 1.54) is 35.1 Å². The molecule has 0 bridgehead atoms. The number of anilines is 1. The summed E-state index contributed by atoms with van der Waals surface area (Å²) in [6.07, 6.45) is 2.43. The molecule has 1 aliphatic rings. The molecule has 0 aliphatic carbocycles. The number of aryl methyl sites for hydroxylation is 1. The second kappa shape index (κ2) is 5.68. The number of hydrogen-bond donors (Lipinski definition) is 1. The monoisotopic (exact) mass is 266 g/mol. The number of nitrogen functional groups attached to an aromatic ring is 1. The van der Waals surface area contributed by atoms with Crippen LogP contribution in [0.4, 0.5) is 5.69 Å². The predicted molar refractivity (Wildman–Crippen MR) is 84.5 cm³/mol. The van der Waals surface area contributed by atoms with Gasteiger partial charge in [0, 0.05) is 18.8 Å². The minimum absolute atomic E-state index is 0.901. The fourth-order valence-electron chi connectivity index (χ4n) is 3.02. The van der Waals surface area contributed by atoms with E-state index in [2.05, 4.69) is 48.2 Å². The van der Waals surface area contributed by atoms with Gasteiger partial charge in [0.25, 0.3) is 0 Å². The van der Waals surface area contributed by atoms with E-state index in [0.717, 1.165) is 25.3 Å². The van der Waals surface area contributed by atoms with E-state index in [-0.39, 0.29) is 0 Å². The highest BCUT2D eigenvalue weighted by atomic mass is 15.1. The molecule has 2 aromatic rings. The topological polar surface area (TPSA) is 29.3 Å². The lowest BCUT2D eigenvalue weighted by Crippen LogP contribution is -2.23. The molecule has 0 fully saturated rings. The van der Waals surface area contributed by atoms with Crippen molar-refractivity contribution in [2.24, 2.45) is 0 Å². The average Bonchev–Trinajstić information content (AvgIpc) is 2.65. The van der Waals surface area contributed by atoms with Crippen LogP contribution >= 0.6 is 0 Å². The van der Waals surface area contributed by atoms with Crippen molar-refractivity contribution >= 4 is 5.69 Å². The van der Waals surface area contributed by atoms with E-state index in [1.807, 2.05) is 6.07 Å². The Morgan fingerprint density at radius 2 is 1.85 bits per heavy atom. The van der Waals surface area contributed by atoms with E-state index < -0.39 is 0 Å². The zero-order chi connectivity index (χ0) is 13.9. The predicted octanol–water partition coefficient (Wildman–Crippen LogP) is 3.53. The average molecular weight is 266 g/mol. The number of nitrogens with two attached hydrogens (primary N) is 1. The summed E-state index contributed by atoms with van der Waals surface area (Å²) in [6, 6.07) is 15.1. The van der Waals surface area contributed by atoms with Gasteiger partial charge in [0.2, 0.25) is 0 Å². The van der Waals surface area contributed by atoms with Gasteiger partial charge in [-0.2, -0.15) is 0 Å². The fourth-order valence-corrected chi connectivity index (χ4v) is 3.02. The third kappa shape index (κ3) is 2.70. The SMILES string of the molecule is Cc1c(N)cccc1CN1CCCc2ccccc2C1. The van der Waals surface area contributed by atoms with E-state index in [9.17, 15) is 0 Å². The Kier molecular flexibility index (Phi) is 3.75. The molecule has 0 atom stereocenters. The summed E-state index contributed by atoms with van der Waals surface area (Å²) in [7, 11) is 0. The molecule has 1 aliphatic heterocycles. The number of nitrogens with zero attached hydrogens (tertiary/aromatic N) is 1. The van der Waals surface area contributed by atoms with Gasteiger partial charge in [0.1, 0.15) is 0 Å². The third-order valence-electron chi connectivity index (χ3n) is 4.31. The first-order valence-corrected chi connectivity index (χ1v) is 7.37. The molecule has 2 aromatic carbocycles. The van der Waals surface area contributed by atoms with Crippen LogP contribution in [0, 0.1) is 6.92 Å². The quantitative estimate of drug-likeness (QED) is 0.843. The molecule has 0 saturated carbocycles. The molecule has 2 nitrogen and oxygen atoms in total. The zero-order valence-electron chi connectivity index (χ0n) is 12.1. The first kappa shape index (κ1) is 13.2. The highest BCUT2D eigenvalue weighted by molar-refractivity contribution is 5.49. The summed E-state index contributed by atoms with van der Waals surface area (Å²) >= 11 is 0. The summed E-state index contributed by atoms with van der Waals surface area (Å²) < 4.78 is 0. The molecule has 0 unspecified atom stereocenters. The molecular formula is C18H22N2. The molecule has 2 heteroatoms. The van der Waals surface area contributed by atoms with Crippen LogP contribution in [0.15, 0.2) is 42.5 Å². The van der Waals surface area contributed by atoms with Crippen LogP contribution in [0.5, 0.6) is 0 Å². The van der Waals surface area contributed by atoms with Crippen molar-refractivity contribution in [1.29, 1.82) is 0 Å². The molecular weight excluding hydrogens is 244 g/mol. The molecule has 3 rings (SSSR count). The normalized spacial score (nSPS) is 15.7. The van der Waals surface area contributed by atoms with Crippen molar-refractivity contribution in [3.8, 4) is 0 Å². The fraction of sp³-hybridized carbons (Fsp3) is 0.333. The lowest BCUT2D eigenvalue weighted by atomic mass is 10.0. The summed E-state index contributed by atoms with van der Waals surface area (Å²) in [6.45, 7) is 5.31. The van der Waals surface area contributed by atoms with Crippen LogP contribution in [0.25, 0.3) is 0 Å². The summed E-state index contributed by atoms with van der Waals surface area (Å²) in [5.74, 6) is 0. The van der Waals surface area contributed by atoms with E-state index in [4.69, 9.17) is 5.73 Å². The Labute approximate surface area is 121 Å². The Morgan fingerprint density at radius 3 is 2.70 bits per heavy atom. The Bertz CT molecular complexity index is 604. The Morgan fingerprint density at radius 1 is 1.05 bits per heavy atom. The summed E-state index contributed by atoms with van der Waals surface area (Å²) in [4.78, 5) is 2.54. The molecule has 104 valence electrons. The van der Waals surface area contributed by atoms with Crippen molar-refractivity contribution in [3.63, 3.8) is 0 Å². The van der Waals surface area contributed by atoms with Gasteiger partial charge < -0.3 is 5.73 Å². The van der Waals surface area contributed by atoms with Crippen molar-refractivity contribution in [3.05, 3.63) is 64.7 Å². The molecule has 2 N–H and O–H groups in total. The van der Waals surface area contributed by atoms with Gasteiger partial charge in [0.05, 0.1) is 0 Å². The maximum atomic E-state index is 6.01. The first-order valence-electron chi connectivity index (χ1n) is 7.37. The highest BCUT2D eigenvalue weighted by Crippen LogP contribution is 2.22. The second-order valence-electron chi connectivity index (χ2n) is 5.71. The van der Waals surface area contributed by atoms with E-state index >= 15 is 0 Å². The van der Waals surface area contributed by atoms with Crippen molar-refractivity contribution in [2.75, 3.05) is 12.3 Å². The van der Waals surface area contributed by atoms with Gasteiger partial charge in [0.15, 0.2) is 0 Å². The smallest absolute Gasteiger partial charge is 0.0346 e. The van der Waals surface area contributed by atoms with Crippen LogP contribution in [0.3, 0.4) is 0 Å². The first-order chi connectivity index (χ1) is 9.74. The number of rotatable bonds is 2. The molecule has 1 heterocycles. The second-order valence-corrected chi connectivity index (χ2v) is 5.71. The molecule has 0 amide bonds. The molecule has 0 spiro atoms. The number of hydrogen-bond acceptors (Lipinski definition) is 2. The van der Waals surface area contributed by atoms with Crippen LogP contribution in [-0.2, 0) is 19.5 Å². The van der Waals surface area contributed by atoms with Crippen LogP contribution in [-0.4, -0.2) is 11.4 Å². The minimum atomic E-state index is 0.901. The van der Waals surface area contributed by atoms with Crippen molar-refractivity contribution in [1.82, 2.24) is 4.90 Å². The molecule has 0 aromatic heterocycles. The lowest BCUT2D eigenvalue weighted by molar-refractivity contribution is 0.260. The maximum Gasteiger partial charge on any atom is 0.0346 e. The van der Waals surface area contributed by atoms with Gasteiger partial charge in [-0.05, 0) is 54.6 Å². The standard InChI is InChI=1S/C18H22N2/c1-14-16(8-4-10-18(14)19)12-20-11-5-9-15-6-2-3-7-17(15)13-20/h2-4,6-8,10H,5,9,11-13,19H2,1H3. The Hall–Kier alpha value is -1.80. The Balaban J connectivity index is 1.80. The lowest BCUT2D eigenvalue weighted by Gasteiger charge is -2.22. The van der Waals surface area contributed by atoms with Gasteiger partial charge in [-0.25, -0.2) is 0 Å². The largest absolute Gasteiger partial charge is 0.399 e.